The van der Waals surface area contributed by atoms with Crippen molar-refractivity contribution >= 4 is 0 Å². The summed E-state index contributed by atoms with van der Waals surface area (Å²) in [6, 6.07) is 0.661. The lowest BCUT2D eigenvalue weighted by Gasteiger charge is -2.18. The molecule has 0 spiro atoms. The Morgan fingerprint density at radius 2 is 1.67 bits per heavy atom. The van der Waals surface area contributed by atoms with Crippen LogP contribution < -0.4 is 5.32 Å². The van der Waals surface area contributed by atoms with Gasteiger partial charge >= 0.3 is 0 Å². The molecule has 2 heteroatoms. The van der Waals surface area contributed by atoms with Crippen molar-refractivity contribution < 1.29 is 4.74 Å². The van der Waals surface area contributed by atoms with Crippen LogP contribution >= 0.6 is 0 Å². The summed E-state index contributed by atoms with van der Waals surface area (Å²) in [6.07, 6.45) is 3.97. The molecule has 0 aromatic heterocycles. The third kappa shape index (κ3) is 8.88. The van der Waals surface area contributed by atoms with E-state index in [1.54, 1.807) is 0 Å². The van der Waals surface area contributed by atoms with Gasteiger partial charge in [0, 0.05) is 12.6 Å². The lowest BCUT2D eigenvalue weighted by atomic mass is 10.1. The minimum absolute atomic E-state index is 0.397. The highest BCUT2D eigenvalue weighted by molar-refractivity contribution is 4.62. The molecule has 0 aromatic carbocycles. The predicted octanol–water partition coefficient (Wildman–Crippen LogP) is 3.22. The van der Waals surface area contributed by atoms with E-state index >= 15 is 0 Å². The first-order valence-electron chi connectivity index (χ1n) is 6.45. The molecule has 0 saturated carbocycles. The van der Waals surface area contributed by atoms with Crippen LogP contribution in [0.15, 0.2) is 0 Å². The lowest BCUT2D eigenvalue weighted by Crippen LogP contribution is -2.31. The van der Waals surface area contributed by atoms with Gasteiger partial charge in [-0.25, -0.2) is 0 Å². The molecule has 0 heterocycles. The van der Waals surface area contributed by atoms with Gasteiger partial charge in [-0.1, -0.05) is 27.7 Å². The largest absolute Gasteiger partial charge is 0.377 e. The van der Waals surface area contributed by atoms with Gasteiger partial charge in [0.15, 0.2) is 0 Å². The summed E-state index contributed by atoms with van der Waals surface area (Å²) in [5, 5.41) is 3.50. The molecule has 92 valence electrons. The highest BCUT2D eigenvalue weighted by Crippen LogP contribution is 2.06. The van der Waals surface area contributed by atoms with E-state index in [9.17, 15) is 0 Å². The van der Waals surface area contributed by atoms with Crippen LogP contribution in [0.2, 0.25) is 0 Å². The highest BCUT2D eigenvalue weighted by atomic mass is 16.5. The summed E-state index contributed by atoms with van der Waals surface area (Å²) in [5.41, 5.74) is 0. The zero-order valence-electron chi connectivity index (χ0n) is 11.2. The molecule has 0 saturated heterocycles. The van der Waals surface area contributed by atoms with E-state index in [-0.39, 0.29) is 0 Å². The Morgan fingerprint density at radius 1 is 1.07 bits per heavy atom. The van der Waals surface area contributed by atoms with Crippen molar-refractivity contribution in [1.82, 2.24) is 5.32 Å². The van der Waals surface area contributed by atoms with Crippen molar-refractivity contribution in [3.8, 4) is 0 Å². The number of hydrogen-bond acceptors (Lipinski definition) is 2. The number of ether oxygens (including phenoxy) is 1. The van der Waals surface area contributed by atoms with Gasteiger partial charge < -0.3 is 10.1 Å². The summed E-state index contributed by atoms with van der Waals surface area (Å²) in [7, 11) is 0. The summed E-state index contributed by atoms with van der Waals surface area (Å²) >= 11 is 0. The second kappa shape index (κ2) is 9.17. The summed E-state index contributed by atoms with van der Waals surface area (Å²) in [5.74, 6) is 0.729. The zero-order chi connectivity index (χ0) is 11.7. The van der Waals surface area contributed by atoms with E-state index in [4.69, 9.17) is 4.74 Å². The Bertz CT molecular complexity index is 132. The molecule has 15 heavy (non-hydrogen) atoms. The van der Waals surface area contributed by atoms with Gasteiger partial charge in [-0.3, -0.25) is 0 Å². The van der Waals surface area contributed by atoms with Gasteiger partial charge in [0.25, 0.3) is 0 Å². The van der Waals surface area contributed by atoms with E-state index in [0.29, 0.717) is 12.1 Å². The van der Waals surface area contributed by atoms with Crippen molar-refractivity contribution in [2.24, 2.45) is 5.92 Å². The quantitative estimate of drug-likeness (QED) is 0.596. The van der Waals surface area contributed by atoms with Crippen molar-refractivity contribution in [3.05, 3.63) is 0 Å². The molecule has 1 N–H and O–H groups in total. The van der Waals surface area contributed by atoms with Gasteiger partial charge in [0.2, 0.25) is 0 Å². The molecule has 0 aromatic rings. The Kier molecular flexibility index (Phi) is 9.12. The molecule has 2 nitrogen and oxygen atoms in total. The first kappa shape index (κ1) is 14.9. The number of nitrogens with one attached hydrogen (secondary N) is 1. The fraction of sp³-hybridized carbons (Fsp3) is 1.00. The van der Waals surface area contributed by atoms with Crippen LogP contribution in [0.25, 0.3) is 0 Å². The first-order valence-corrected chi connectivity index (χ1v) is 6.45. The van der Waals surface area contributed by atoms with E-state index < -0.39 is 0 Å². The number of hydrogen-bond donors (Lipinski definition) is 1. The summed E-state index contributed by atoms with van der Waals surface area (Å²) in [6.45, 7) is 12.9. The van der Waals surface area contributed by atoms with E-state index in [2.05, 4.69) is 39.9 Å². The van der Waals surface area contributed by atoms with Crippen LogP contribution in [0, 0.1) is 5.92 Å². The fourth-order valence-corrected chi connectivity index (χ4v) is 1.83. The Balaban J connectivity index is 3.37. The van der Waals surface area contributed by atoms with Gasteiger partial charge in [0.05, 0.1) is 12.7 Å². The average Bonchev–Trinajstić information content (AvgIpc) is 2.17. The van der Waals surface area contributed by atoms with Gasteiger partial charge in [-0.2, -0.15) is 0 Å². The molecule has 0 rings (SSSR count). The van der Waals surface area contributed by atoms with E-state index in [1.807, 2.05) is 0 Å². The van der Waals surface area contributed by atoms with E-state index in [0.717, 1.165) is 25.5 Å². The van der Waals surface area contributed by atoms with Crippen LogP contribution in [0.1, 0.15) is 53.9 Å². The maximum Gasteiger partial charge on any atom is 0.0594 e. The molecule has 0 aliphatic heterocycles. The molecular weight excluding hydrogens is 186 g/mol. The molecule has 0 aliphatic rings. The van der Waals surface area contributed by atoms with Crippen LogP contribution in [-0.4, -0.2) is 25.3 Å². The SMILES string of the molecule is CCC(CC)NCCOC(C)CC(C)C. The molecule has 0 amide bonds. The zero-order valence-corrected chi connectivity index (χ0v) is 11.2. The monoisotopic (exact) mass is 215 g/mol. The topological polar surface area (TPSA) is 21.3 Å². The van der Waals surface area contributed by atoms with Gasteiger partial charge in [-0.05, 0) is 32.1 Å². The van der Waals surface area contributed by atoms with Crippen molar-refractivity contribution in [2.45, 2.75) is 66.0 Å². The van der Waals surface area contributed by atoms with Crippen LogP contribution in [0.3, 0.4) is 0 Å². The van der Waals surface area contributed by atoms with Crippen LogP contribution in [0.4, 0.5) is 0 Å². The molecule has 1 atom stereocenters. The molecular formula is C13H29NO. The van der Waals surface area contributed by atoms with Crippen molar-refractivity contribution in [1.29, 1.82) is 0 Å². The smallest absolute Gasteiger partial charge is 0.0594 e. The van der Waals surface area contributed by atoms with Crippen molar-refractivity contribution in [3.63, 3.8) is 0 Å². The van der Waals surface area contributed by atoms with Gasteiger partial charge in [-0.15, -0.1) is 0 Å². The molecule has 0 radical (unpaired) electrons. The molecule has 0 bridgehead atoms. The van der Waals surface area contributed by atoms with E-state index in [1.165, 1.54) is 12.8 Å². The minimum atomic E-state index is 0.397. The maximum atomic E-state index is 5.73. The predicted molar refractivity (Wildman–Crippen MR) is 67.2 cm³/mol. The Morgan fingerprint density at radius 3 is 2.13 bits per heavy atom. The minimum Gasteiger partial charge on any atom is -0.377 e. The van der Waals surface area contributed by atoms with Crippen LogP contribution in [-0.2, 0) is 4.74 Å². The molecule has 0 aliphatic carbocycles. The fourth-order valence-electron chi connectivity index (χ4n) is 1.83. The third-order valence-electron chi connectivity index (χ3n) is 2.73. The highest BCUT2D eigenvalue weighted by Gasteiger charge is 2.05. The summed E-state index contributed by atoms with van der Waals surface area (Å²) < 4.78 is 5.73. The molecule has 1 unspecified atom stereocenters. The summed E-state index contributed by atoms with van der Waals surface area (Å²) in [4.78, 5) is 0. The lowest BCUT2D eigenvalue weighted by molar-refractivity contribution is 0.0526. The second-order valence-electron chi connectivity index (χ2n) is 4.78. The Labute approximate surface area is 95.8 Å². The average molecular weight is 215 g/mol. The van der Waals surface area contributed by atoms with Crippen molar-refractivity contribution in [2.75, 3.05) is 13.2 Å². The first-order chi connectivity index (χ1) is 7.10. The maximum absolute atomic E-state index is 5.73. The second-order valence-corrected chi connectivity index (χ2v) is 4.78. The van der Waals surface area contributed by atoms with Gasteiger partial charge in [0.1, 0.15) is 0 Å². The third-order valence-corrected chi connectivity index (χ3v) is 2.73. The normalized spacial score (nSPS) is 13.8. The standard InChI is InChI=1S/C13H29NO/c1-6-13(7-2)14-8-9-15-12(5)10-11(3)4/h11-14H,6-10H2,1-5H3. The molecule has 0 fully saturated rings. The van der Waals surface area contributed by atoms with Crippen LogP contribution in [0.5, 0.6) is 0 Å². The number of rotatable bonds is 9. The Hall–Kier alpha value is -0.0800.